The van der Waals surface area contributed by atoms with E-state index in [2.05, 4.69) is 26.8 Å². The second kappa shape index (κ2) is 3.62. The summed E-state index contributed by atoms with van der Waals surface area (Å²) >= 11 is 0. The Hall–Kier alpha value is -0.850. The van der Waals surface area contributed by atoms with Gasteiger partial charge in [0, 0.05) is 11.8 Å². The van der Waals surface area contributed by atoms with Gasteiger partial charge in [-0.25, -0.2) is 0 Å². The highest BCUT2D eigenvalue weighted by atomic mass is 16.1. The predicted molar refractivity (Wildman–Crippen MR) is 62.6 cm³/mol. The molecular formula is C14H20O. The maximum Gasteiger partial charge on any atom is 0.155 e. The van der Waals surface area contributed by atoms with E-state index < -0.39 is 0 Å². The number of hydrogen-bond donors (Lipinski definition) is 0. The molecular weight excluding hydrogens is 184 g/mol. The smallest absolute Gasteiger partial charge is 0.155 e. The van der Waals surface area contributed by atoms with Gasteiger partial charge in [0.1, 0.15) is 0 Å². The van der Waals surface area contributed by atoms with Crippen molar-refractivity contribution in [3.8, 4) is 0 Å². The number of rotatable bonds is 1. The van der Waals surface area contributed by atoms with Gasteiger partial charge in [-0.3, -0.25) is 4.79 Å². The molecule has 2 aliphatic rings. The molecule has 15 heavy (non-hydrogen) atoms. The van der Waals surface area contributed by atoms with Gasteiger partial charge in [0.05, 0.1) is 0 Å². The van der Waals surface area contributed by atoms with E-state index in [4.69, 9.17) is 0 Å². The van der Waals surface area contributed by atoms with Crippen molar-refractivity contribution in [3.63, 3.8) is 0 Å². The summed E-state index contributed by atoms with van der Waals surface area (Å²) in [5, 5.41) is 0. The van der Waals surface area contributed by atoms with Gasteiger partial charge in [-0.1, -0.05) is 31.1 Å². The molecule has 1 heteroatoms. The summed E-state index contributed by atoms with van der Waals surface area (Å²) in [6.45, 7) is 6.60. The van der Waals surface area contributed by atoms with Gasteiger partial charge in [0.2, 0.25) is 0 Å². The van der Waals surface area contributed by atoms with Crippen molar-refractivity contribution < 1.29 is 4.79 Å². The predicted octanol–water partition coefficient (Wildman–Crippen LogP) is 3.66. The van der Waals surface area contributed by atoms with E-state index in [0.29, 0.717) is 17.1 Å². The molecule has 0 aromatic rings. The Morgan fingerprint density at radius 2 is 2.27 bits per heavy atom. The molecule has 0 bridgehead atoms. The first-order chi connectivity index (χ1) is 7.08. The summed E-state index contributed by atoms with van der Waals surface area (Å²) in [6, 6.07) is 0. The minimum Gasteiger partial charge on any atom is -0.295 e. The van der Waals surface area contributed by atoms with Gasteiger partial charge in [0.15, 0.2) is 5.78 Å². The Labute approximate surface area is 92.3 Å². The Bertz CT molecular complexity index is 348. The summed E-state index contributed by atoms with van der Waals surface area (Å²) in [5.74, 6) is 0.825. The van der Waals surface area contributed by atoms with Crippen molar-refractivity contribution in [3.05, 3.63) is 23.3 Å². The molecule has 0 heterocycles. The van der Waals surface area contributed by atoms with Crippen LogP contribution in [0.4, 0.5) is 0 Å². The third-order valence-corrected chi connectivity index (χ3v) is 4.37. The third kappa shape index (κ3) is 1.58. The van der Waals surface area contributed by atoms with E-state index in [1.807, 2.05) is 6.08 Å². The number of carbonyl (C=O) groups is 1. The van der Waals surface area contributed by atoms with E-state index in [9.17, 15) is 4.79 Å². The monoisotopic (exact) mass is 204 g/mol. The average Bonchev–Trinajstić information content (AvgIpc) is 2.60. The van der Waals surface area contributed by atoms with Crippen LogP contribution in [0.25, 0.3) is 0 Å². The molecule has 0 amide bonds. The molecule has 2 atom stereocenters. The summed E-state index contributed by atoms with van der Waals surface area (Å²) in [7, 11) is 0. The standard InChI is InChI=1S/C14H20O/c1-4-12-5-6-14(9-12)10(2)7-13(15)8-11(14)3/h5,7,11H,4,6,8-9H2,1-3H3/t11-,14?/m1/s1. The largest absolute Gasteiger partial charge is 0.295 e. The second-order valence-corrected chi connectivity index (χ2v) is 5.15. The lowest BCUT2D eigenvalue weighted by molar-refractivity contribution is -0.117. The molecule has 0 aliphatic heterocycles. The van der Waals surface area contributed by atoms with Crippen molar-refractivity contribution in [1.82, 2.24) is 0 Å². The number of allylic oxidation sites excluding steroid dienone is 4. The Morgan fingerprint density at radius 3 is 2.80 bits per heavy atom. The molecule has 82 valence electrons. The van der Waals surface area contributed by atoms with Crippen LogP contribution in [-0.4, -0.2) is 5.78 Å². The van der Waals surface area contributed by atoms with Gasteiger partial charge in [-0.2, -0.15) is 0 Å². The van der Waals surface area contributed by atoms with E-state index in [1.165, 1.54) is 12.0 Å². The Balaban J connectivity index is 2.29. The van der Waals surface area contributed by atoms with Crippen LogP contribution in [0.5, 0.6) is 0 Å². The number of hydrogen-bond acceptors (Lipinski definition) is 1. The van der Waals surface area contributed by atoms with Crippen LogP contribution in [0.3, 0.4) is 0 Å². The Kier molecular flexibility index (Phi) is 2.57. The van der Waals surface area contributed by atoms with Crippen LogP contribution in [0.15, 0.2) is 23.3 Å². The van der Waals surface area contributed by atoms with Crippen molar-refractivity contribution in [2.45, 2.75) is 46.5 Å². The maximum atomic E-state index is 11.5. The third-order valence-electron chi connectivity index (χ3n) is 4.37. The van der Waals surface area contributed by atoms with Gasteiger partial charge in [0.25, 0.3) is 0 Å². The molecule has 2 aliphatic carbocycles. The summed E-state index contributed by atoms with van der Waals surface area (Å²) in [4.78, 5) is 11.5. The summed E-state index contributed by atoms with van der Waals surface area (Å²) in [5.41, 5.74) is 3.18. The molecule has 0 saturated carbocycles. The molecule has 2 rings (SSSR count). The van der Waals surface area contributed by atoms with E-state index in [-0.39, 0.29) is 0 Å². The fraction of sp³-hybridized carbons (Fsp3) is 0.643. The minimum absolute atomic E-state index is 0.291. The SMILES string of the molecule is CCC1=CCC2(C1)C(C)=CC(=O)C[C@H]2C. The van der Waals surface area contributed by atoms with Crippen molar-refractivity contribution >= 4 is 5.78 Å². The lowest BCUT2D eigenvalue weighted by atomic mass is 9.64. The molecule has 0 saturated heterocycles. The van der Waals surface area contributed by atoms with E-state index in [0.717, 1.165) is 19.3 Å². The topological polar surface area (TPSA) is 17.1 Å². The molecule has 0 N–H and O–H groups in total. The zero-order chi connectivity index (χ0) is 11.1. The first kappa shape index (κ1) is 10.7. The van der Waals surface area contributed by atoms with E-state index in [1.54, 1.807) is 5.57 Å². The first-order valence-corrected chi connectivity index (χ1v) is 5.98. The molecule has 0 aromatic heterocycles. The van der Waals surface area contributed by atoms with Crippen molar-refractivity contribution in [2.24, 2.45) is 11.3 Å². The summed E-state index contributed by atoms with van der Waals surface area (Å²) in [6.07, 6.45) is 8.50. The minimum atomic E-state index is 0.291. The van der Waals surface area contributed by atoms with Gasteiger partial charge < -0.3 is 0 Å². The van der Waals surface area contributed by atoms with Crippen LogP contribution < -0.4 is 0 Å². The van der Waals surface area contributed by atoms with Crippen molar-refractivity contribution in [1.29, 1.82) is 0 Å². The fourth-order valence-electron chi connectivity index (χ4n) is 3.15. The molecule has 0 fully saturated rings. The Morgan fingerprint density at radius 1 is 1.53 bits per heavy atom. The van der Waals surface area contributed by atoms with Crippen LogP contribution in [-0.2, 0) is 4.79 Å². The maximum absolute atomic E-state index is 11.5. The summed E-state index contributed by atoms with van der Waals surface area (Å²) < 4.78 is 0. The molecule has 1 unspecified atom stereocenters. The zero-order valence-electron chi connectivity index (χ0n) is 9.97. The first-order valence-electron chi connectivity index (χ1n) is 5.98. The second-order valence-electron chi connectivity index (χ2n) is 5.15. The quantitative estimate of drug-likeness (QED) is 0.596. The number of carbonyl (C=O) groups excluding carboxylic acids is 1. The molecule has 0 aromatic carbocycles. The molecule has 1 nitrogen and oxygen atoms in total. The van der Waals surface area contributed by atoms with E-state index >= 15 is 0 Å². The van der Waals surface area contributed by atoms with Crippen LogP contribution in [0.1, 0.15) is 46.5 Å². The zero-order valence-corrected chi connectivity index (χ0v) is 9.97. The number of ketones is 1. The molecule has 0 radical (unpaired) electrons. The average molecular weight is 204 g/mol. The van der Waals surface area contributed by atoms with Crippen molar-refractivity contribution in [2.75, 3.05) is 0 Å². The lowest BCUT2D eigenvalue weighted by Gasteiger charge is -2.39. The lowest BCUT2D eigenvalue weighted by Crippen LogP contribution is -2.33. The highest BCUT2D eigenvalue weighted by Gasteiger charge is 2.43. The fourth-order valence-corrected chi connectivity index (χ4v) is 3.15. The normalized spacial score (nSPS) is 35.7. The van der Waals surface area contributed by atoms with Crippen LogP contribution >= 0.6 is 0 Å². The van der Waals surface area contributed by atoms with Crippen LogP contribution in [0, 0.1) is 11.3 Å². The van der Waals surface area contributed by atoms with Gasteiger partial charge >= 0.3 is 0 Å². The van der Waals surface area contributed by atoms with Gasteiger partial charge in [-0.05, 0) is 38.2 Å². The van der Waals surface area contributed by atoms with Crippen LogP contribution in [0.2, 0.25) is 0 Å². The molecule has 1 spiro atoms. The van der Waals surface area contributed by atoms with Gasteiger partial charge in [-0.15, -0.1) is 0 Å². The highest BCUT2D eigenvalue weighted by molar-refractivity contribution is 5.91. The highest BCUT2D eigenvalue weighted by Crippen LogP contribution is 2.52.